The maximum atomic E-state index is 11.5. The standard InChI is InChI=1S/C12H12BrNO2/c13-10-3-1-2-8(4-10)12-5-9(12)6-16-7-11(15)14-12/h1-4,9H,5-7H2,(H,14,15). The number of halogens is 1. The number of hydrogen-bond acceptors (Lipinski definition) is 2. The van der Waals surface area contributed by atoms with Crippen molar-refractivity contribution in [2.24, 2.45) is 5.92 Å². The molecule has 0 aromatic heterocycles. The third-order valence-corrected chi connectivity index (χ3v) is 3.85. The number of fused-ring (bicyclic) bond motifs is 1. The van der Waals surface area contributed by atoms with E-state index in [0.717, 1.165) is 10.9 Å². The van der Waals surface area contributed by atoms with Gasteiger partial charge in [-0.25, -0.2) is 0 Å². The molecule has 3 nitrogen and oxygen atoms in total. The van der Waals surface area contributed by atoms with E-state index in [1.165, 1.54) is 5.56 Å². The number of rotatable bonds is 1. The highest BCUT2D eigenvalue weighted by Gasteiger charge is 2.57. The molecule has 2 atom stereocenters. The van der Waals surface area contributed by atoms with Gasteiger partial charge in [0.25, 0.3) is 0 Å². The Morgan fingerprint density at radius 3 is 3.19 bits per heavy atom. The summed E-state index contributed by atoms with van der Waals surface area (Å²) in [5, 5.41) is 3.09. The van der Waals surface area contributed by atoms with E-state index in [1.54, 1.807) is 0 Å². The molecule has 84 valence electrons. The highest BCUT2D eigenvalue weighted by molar-refractivity contribution is 9.10. The molecule has 1 amide bonds. The van der Waals surface area contributed by atoms with E-state index >= 15 is 0 Å². The Morgan fingerprint density at radius 1 is 1.50 bits per heavy atom. The van der Waals surface area contributed by atoms with Crippen LogP contribution in [0.25, 0.3) is 0 Å². The molecule has 1 heterocycles. The first kappa shape index (κ1) is 10.3. The van der Waals surface area contributed by atoms with E-state index in [1.807, 2.05) is 12.1 Å². The van der Waals surface area contributed by atoms with Gasteiger partial charge in [0.2, 0.25) is 5.91 Å². The summed E-state index contributed by atoms with van der Waals surface area (Å²) in [4.78, 5) is 11.5. The van der Waals surface area contributed by atoms with Crippen molar-refractivity contribution in [3.63, 3.8) is 0 Å². The smallest absolute Gasteiger partial charge is 0.246 e. The molecular weight excluding hydrogens is 270 g/mol. The maximum Gasteiger partial charge on any atom is 0.246 e. The quantitative estimate of drug-likeness (QED) is 0.853. The van der Waals surface area contributed by atoms with Gasteiger partial charge < -0.3 is 10.1 Å². The Bertz CT molecular complexity index is 448. The topological polar surface area (TPSA) is 38.3 Å². The average Bonchev–Trinajstić information content (AvgIpc) is 2.93. The van der Waals surface area contributed by atoms with Crippen LogP contribution in [-0.4, -0.2) is 19.1 Å². The second-order valence-corrected chi connectivity index (χ2v) is 5.36. The summed E-state index contributed by atoms with van der Waals surface area (Å²) in [5.74, 6) is 0.410. The SMILES string of the molecule is O=C1COCC2CC2(c2cccc(Br)c2)N1. The van der Waals surface area contributed by atoms with E-state index in [9.17, 15) is 4.79 Å². The minimum Gasteiger partial charge on any atom is -0.371 e. The Labute approximate surface area is 102 Å². The molecule has 1 saturated carbocycles. The molecule has 1 saturated heterocycles. The minimum atomic E-state index is -0.169. The lowest BCUT2D eigenvalue weighted by Crippen LogP contribution is -2.36. The predicted molar refractivity (Wildman–Crippen MR) is 62.9 cm³/mol. The van der Waals surface area contributed by atoms with Crippen molar-refractivity contribution in [2.75, 3.05) is 13.2 Å². The van der Waals surface area contributed by atoms with E-state index < -0.39 is 0 Å². The highest BCUT2D eigenvalue weighted by Crippen LogP contribution is 2.53. The van der Waals surface area contributed by atoms with Crippen molar-refractivity contribution in [3.8, 4) is 0 Å². The fourth-order valence-corrected chi connectivity index (χ4v) is 2.85. The summed E-state index contributed by atoms with van der Waals surface area (Å²) in [5.41, 5.74) is 1.00. The molecule has 1 aromatic carbocycles. The summed E-state index contributed by atoms with van der Waals surface area (Å²) >= 11 is 3.46. The highest BCUT2D eigenvalue weighted by atomic mass is 79.9. The van der Waals surface area contributed by atoms with Crippen LogP contribution in [0.5, 0.6) is 0 Å². The monoisotopic (exact) mass is 281 g/mol. The number of benzene rings is 1. The predicted octanol–water partition coefficient (Wildman–Crippen LogP) is 1.81. The fraction of sp³-hybridized carbons (Fsp3) is 0.417. The third kappa shape index (κ3) is 1.57. The van der Waals surface area contributed by atoms with Crippen LogP contribution in [-0.2, 0) is 15.1 Å². The summed E-state index contributed by atoms with van der Waals surface area (Å²) < 4.78 is 6.36. The Balaban J connectivity index is 1.96. The Hall–Kier alpha value is -0.870. The van der Waals surface area contributed by atoms with E-state index in [-0.39, 0.29) is 18.1 Å². The van der Waals surface area contributed by atoms with Gasteiger partial charge in [-0.1, -0.05) is 28.1 Å². The van der Waals surface area contributed by atoms with Crippen LogP contribution < -0.4 is 5.32 Å². The van der Waals surface area contributed by atoms with Crippen LogP contribution in [0.3, 0.4) is 0 Å². The number of hydrogen-bond donors (Lipinski definition) is 1. The van der Waals surface area contributed by atoms with Gasteiger partial charge in [0.05, 0.1) is 12.1 Å². The molecule has 1 N–H and O–H groups in total. The van der Waals surface area contributed by atoms with Gasteiger partial charge in [-0.05, 0) is 24.1 Å². The summed E-state index contributed by atoms with van der Waals surface area (Å²) in [6, 6.07) is 8.13. The molecule has 0 radical (unpaired) electrons. The van der Waals surface area contributed by atoms with Gasteiger partial charge in [-0.2, -0.15) is 0 Å². The summed E-state index contributed by atoms with van der Waals surface area (Å²) in [6.07, 6.45) is 0.981. The first-order chi connectivity index (χ1) is 7.71. The zero-order chi connectivity index (χ0) is 11.2. The minimum absolute atomic E-state index is 0.0139. The summed E-state index contributed by atoms with van der Waals surface area (Å²) in [7, 11) is 0. The molecule has 2 unspecified atom stereocenters. The second-order valence-electron chi connectivity index (χ2n) is 4.45. The molecule has 4 heteroatoms. The average molecular weight is 282 g/mol. The molecule has 3 rings (SSSR count). The maximum absolute atomic E-state index is 11.5. The van der Waals surface area contributed by atoms with Gasteiger partial charge >= 0.3 is 0 Å². The van der Waals surface area contributed by atoms with Gasteiger partial charge in [-0.3, -0.25) is 4.79 Å². The fourth-order valence-electron chi connectivity index (χ4n) is 2.45. The lowest BCUT2D eigenvalue weighted by atomic mass is 10.0. The van der Waals surface area contributed by atoms with Gasteiger partial charge in [0.15, 0.2) is 0 Å². The first-order valence-corrected chi connectivity index (χ1v) is 6.15. The van der Waals surface area contributed by atoms with Crippen LogP contribution in [0.4, 0.5) is 0 Å². The van der Waals surface area contributed by atoms with E-state index in [4.69, 9.17) is 4.74 Å². The zero-order valence-electron chi connectivity index (χ0n) is 8.70. The van der Waals surface area contributed by atoms with Crippen molar-refractivity contribution < 1.29 is 9.53 Å². The van der Waals surface area contributed by atoms with E-state index in [0.29, 0.717) is 12.5 Å². The van der Waals surface area contributed by atoms with Crippen LogP contribution in [0.2, 0.25) is 0 Å². The van der Waals surface area contributed by atoms with Crippen LogP contribution >= 0.6 is 15.9 Å². The molecule has 0 spiro atoms. The van der Waals surface area contributed by atoms with Crippen LogP contribution in [0, 0.1) is 5.92 Å². The molecule has 1 aliphatic heterocycles. The molecule has 1 aliphatic carbocycles. The van der Waals surface area contributed by atoms with Crippen molar-refractivity contribution in [1.29, 1.82) is 0 Å². The lowest BCUT2D eigenvalue weighted by molar-refractivity contribution is -0.125. The molecule has 2 fully saturated rings. The van der Waals surface area contributed by atoms with Crippen LogP contribution in [0.1, 0.15) is 12.0 Å². The number of carbonyl (C=O) groups excluding carboxylic acids is 1. The normalized spacial score (nSPS) is 32.6. The molecular formula is C12H12BrNO2. The molecule has 16 heavy (non-hydrogen) atoms. The lowest BCUT2D eigenvalue weighted by Gasteiger charge is -2.17. The van der Waals surface area contributed by atoms with E-state index in [2.05, 4.69) is 33.4 Å². The number of amides is 1. The van der Waals surface area contributed by atoms with Gasteiger partial charge in [0, 0.05) is 10.4 Å². The van der Waals surface area contributed by atoms with Crippen molar-refractivity contribution in [1.82, 2.24) is 5.32 Å². The zero-order valence-corrected chi connectivity index (χ0v) is 10.3. The molecule has 0 bridgehead atoms. The third-order valence-electron chi connectivity index (χ3n) is 3.36. The van der Waals surface area contributed by atoms with Crippen molar-refractivity contribution in [3.05, 3.63) is 34.3 Å². The van der Waals surface area contributed by atoms with Crippen molar-refractivity contribution in [2.45, 2.75) is 12.0 Å². The summed E-state index contributed by atoms with van der Waals surface area (Å²) in [6.45, 7) is 0.859. The number of nitrogens with one attached hydrogen (secondary N) is 1. The van der Waals surface area contributed by atoms with Gasteiger partial charge in [0.1, 0.15) is 6.61 Å². The Morgan fingerprint density at radius 2 is 2.38 bits per heavy atom. The Kier molecular flexibility index (Phi) is 2.30. The number of carbonyl (C=O) groups is 1. The molecule has 1 aromatic rings. The van der Waals surface area contributed by atoms with Crippen LogP contribution in [0.15, 0.2) is 28.7 Å². The second kappa shape index (κ2) is 3.57. The van der Waals surface area contributed by atoms with Crippen molar-refractivity contribution >= 4 is 21.8 Å². The first-order valence-electron chi connectivity index (χ1n) is 5.35. The largest absolute Gasteiger partial charge is 0.371 e. The molecule has 2 aliphatic rings. The number of ether oxygens (including phenoxy) is 1. The van der Waals surface area contributed by atoms with Gasteiger partial charge in [-0.15, -0.1) is 0 Å².